The first-order valence-electron chi connectivity index (χ1n) is 9.61. The van der Waals surface area contributed by atoms with Crippen LogP contribution in [0.2, 0.25) is 0 Å². The summed E-state index contributed by atoms with van der Waals surface area (Å²) in [4.78, 5) is 11.2. The van der Waals surface area contributed by atoms with Gasteiger partial charge in [0.05, 0.1) is 5.56 Å². The second-order valence-corrected chi connectivity index (χ2v) is 6.66. The molecule has 0 saturated heterocycles. The highest BCUT2D eigenvalue weighted by Gasteiger charge is 2.30. The van der Waals surface area contributed by atoms with E-state index in [1.54, 1.807) is 44.2 Å². The van der Waals surface area contributed by atoms with Gasteiger partial charge in [0.2, 0.25) is 0 Å². The first-order chi connectivity index (χ1) is 14.7. The molecule has 31 heavy (non-hydrogen) atoms. The fourth-order valence-electron chi connectivity index (χ4n) is 2.61. The van der Waals surface area contributed by atoms with Crippen LogP contribution in [-0.2, 0) is 22.1 Å². The van der Waals surface area contributed by atoms with Gasteiger partial charge in [-0.1, -0.05) is 30.0 Å². The Morgan fingerprint density at radius 2 is 1.90 bits per heavy atom. The number of hydrogen-bond acceptors (Lipinski definition) is 3. The van der Waals surface area contributed by atoms with E-state index in [1.165, 1.54) is 12.1 Å². The molecule has 2 rings (SSSR count). The maximum Gasteiger partial charge on any atom is 0.416 e. The molecule has 7 heteroatoms. The Balaban J connectivity index is 1.91. The predicted octanol–water partition coefficient (Wildman–Crippen LogP) is 5.11. The Bertz CT molecular complexity index is 967. The minimum Gasteiger partial charge on any atom is -0.490 e. The third-order valence-corrected chi connectivity index (χ3v) is 4.22. The van der Waals surface area contributed by atoms with Gasteiger partial charge in [-0.3, -0.25) is 0 Å². The fraction of sp³-hybridized carbons (Fsp3) is 0.292. The van der Waals surface area contributed by atoms with Gasteiger partial charge in [0, 0.05) is 18.6 Å². The second-order valence-electron chi connectivity index (χ2n) is 6.66. The molecule has 0 aliphatic heterocycles. The zero-order valence-electron chi connectivity index (χ0n) is 17.2. The van der Waals surface area contributed by atoms with E-state index < -0.39 is 23.8 Å². The van der Waals surface area contributed by atoms with Crippen molar-refractivity contribution in [2.45, 2.75) is 32.5 Å². The quantitative estimate of drug-likeness (QED) is 0.589. The number of carboxylic acid groups (broad SMARTS) is 1. The third-order valence-electron chi connectivity index (χ3n) is 4.22. The van der Waals surface area contributed by atoms with Gasteiger partial charge in [0.25, 0.3) is 0 Å². The largest absolute Gasteiger partial charge is 0.490 e. The number of carbonyl (C=O) groups is 1. The van der Waals surface area contributed by atoms with Crippen LogP contribution in [-0.4, -0.2) is 30.4 Å². The zero-order chi connectivity index (χ0) is 22.9. The molecule has 0 aliphatic carbocycles. The summed E-state index contributed by atoms with van der Waals surface area (Å²) in [5.41, 5.74) is 1.02. The highest BCUT2D eigenvalue weighted by Crippen LogP contribution is 2.29. The first kappa shape index (κ1) is 24.0. The van der Waals surface area contributed by atoms with Crippen LogP contribution in [0.3, 0.4) is 0 Å². The van der Waals surface area contributed by atoms with Gasteiger partial charge >= 0.3 is 12.1 Å². The molecule has 0 spiro atoms. The van der Waals surface area contributed by atoms with Crippen molar-refractivity contribution in [3.8, 4) is 17.6 Å². The topological polar surface area (TPSA) is 55.8 Å². The molecule has 1 unspecified atom stereocenters. The Morgan fingerprint density at radius 1 is 1.19 bits per heavy atom. The third kappa shape index (κ3) is 8.19. The number of aliphatic carboxylic acids is 1. The van der Waals surface area contributed by atoms with Gasteiger partial charge in [-0.2, -0.15) is 13.2 Å². The zero-order valence-corrected chi connectivity index (χ0v) is 17.2. The van der Waals surface area contributed by atoms with Crippen LogP contribution in [0.1, 0.15) is 30.5 Å². The molecule has 0 fully saturated rings. The number of carboxylic acids is 1. The molecule has 1 N–H and O–H groups in total. The molecule has 2 aromatic carbocycles. The summed E-state index contributed by atoms with van der Waals surface area (Å²) in [5, 5.41) is 9.14. The van der Waals surface area contributed by atoms with Crippen LogP contribution in [0, 0.1) is 11.8 Å². The molecule has 0 heterocycles. The minimum atomic E-state index is -4.40. The van der Waals surface area contributed by atoms with Gasteiger partial charge in [0.15, 0.2) is 6.10 Å². The van der Waals surface area contributed by atoms with Crippen LogP contribution in [0.25, 0.3) is 0 Å². The number of benzene rings is 2. The molecular formula is C24H23F3O4. The van der Waals surface area contributed by atoms with Gasteiger partial charge in [-0.05, 0) is 61.4 Å². The summed E-state index contributed by atoms with van der Waals surface area (Å²) in [7, 11) is 0. The summed E-state index contributed by atoms with van der Waals surface area (Å²) in [5.74, 6) is 5.12. The van der Waals surface area contributed by atoms with E-state index >= 15 is 0 Å². The molecule has 0 bridgehead atoms. The van der Waals surface area contributed by atoms with Gasteiger partial charge in [-0.15, -0.1) is 0 Å². The first-order valence-corrected chi connectivity index (χ1v) is 9.61. The van der Waals surface area contributed by atoms with E-state index in [0.29, 0.717) is 17.9 Å². The number of rotatable bonds is 8. The predicted molar refractivity (Wildman–Crippen MR) is 111 cm³/mol. The fourth-order valence-corrected chi connectivity index (χ4v) is 2.61. The summed E-state index contributed by atoms with van der Waals surface area (Å²) in [6.07, 6.45) is -3.31. The van der Waals surface area contributed by atoms with E-state index in [1.807, 2.05) is 0 Å². The van der Waals surface area contributed by atoms with E-state index in [9.17, 15) is 18.0 Å². The summed E-state index contributed by atoms with van der Waals surface area (Å²) >= 11 is 0. The average Bonchev–Trinajstić information content (AvgIpc) is 2.72. The van der Waals surface area contributed by atoms with Gasteiger partial charge in [0.1, 0.15) is 12.4 Å². The molecule has 0 amide bonds. The smallest absolute Gasteiger partial charge is 0.416 e. The SMILES string of the molecule is CCOC(Cc1ccc(OC/C=C(\C)C#Cc2cccc(C(F)(F)F)c2)cc1)C(=O)O. The number of ether oxygens (including phenoxy) is 2. The van der Waals surface area contributed by atoms with Crippen LogP contribution >= 0.6 is 0 Å². The van der Waals surface area contributed by atoms with E-state index in [2.05, 4.69) is 11.8 Å². The molecule has 0 saturated carbocycles. The Labute approximate surface area is 179 Å². The van der Waals surface area contributed by atoms with Crippen LogP contribution in [0.5, 0.6) is 5.75 Å². The van der Waals surface area contributed by atoms with Gasteiger partial charge < -0.3 is 14.6 Å². The molecule has 1 atom stereocenters. The van der Waals surface area contributed by atoms with Crippen molar-refractivity contribution in [1.29, 1.82) is 0 Å². The highest BCUT2D eigenvalue weighted by molar-refractivity contribution is 5.72. The van der Waals surface area contributed by atoms with E-state index in [-0.39, 0.29) is 18.6 Å². The van der Waals surface area contributed by atoms with Crippen molar-refractivity contribution in [1.82, 2.24) is 0 Å². The highest BCUT2D eigenvalue weighted by atomic mass is 19.4. The van der Waals surface area contributed by atoms with Crippen LogP contribution in [0.15, 0.2) is 60.2 Å². The minimum absolute atomic E-state index is 0.235. The van der Waals surface area contributed by atoms with Crippen molar-refractivity contribution in [2.75, 3.05) is 13.2 Å². The number of hydrogen-bond donors (Lipinski definition) is 1. The Hall–Kier alpha value is -3.24. The summed E-state index contributed by atoms with van der Waals surface area (Å²) < 4.78 is 49.0. The van der Waals surface area contributed by atoms with E-state index in [0.717, 1.165) is 17.7 Å². The molecule has 0 radical (unpaired) electrons. The van der Waals surface area contributed by atoms with Crippen molar-refractivity contribution in [2.24, 2.45) is 0 Å². The van der Waals surface area contributed by atoms with Crippen LogP contribution < -0.4 is 4.74 Å². The second kappa shape index (κ2) is 11.2. The molecule has 0 aliphatic rings. The van der Waals surface area contributed by atoms with Crippen LogP contribution in [0.4, 0.5) is 13.2 Å². The molecule has 164 valence electrons. The number of halogens is 3. The molecular weight excluding hydrogens is 409 g/mol. The monoisotopic (exact) mass is 432 g/mol. The maximum absolute atomic E-state index is 12.7. The number of allylic oxidation sites excluding steroid dienone is 1. The molecule has 4 nitrogen and oxygen atoms in total. The lowest BCUT2D eigenvalue weighted by molar-refractivity contribution is -0.150. The van der Waals surface area contributed by atoms with Crippen molar-refractivity contribution >= 4 is 5.97 Å². The Morgan fingerprint density at radius 3 is 2.52 bits per heavy atom. The lowest BCUT2D eigenvalue weighted by Gasteiger charge is -2.12. The van der Waals surface area contributed by atoms with Crippen molar-refractivity contribution in [3.05, 3.63) is 76.9 Å². The lowest BCUT2D eigenvalue weighted by atomic mass is 10.1. The van der Waals surface area contributed by atoms with Gasteiger partial charge in [-0.25, -0.2) is 4.79 Å². The standard InChI is InChI=1S/C24H23F3O4/c1-3-30-22(23(28)29)16-19-9-11-21(12-10-19)31-14-13-17(2)7-8-18-5-4-6-20(15-18)24(25,26)27/h4-6,9-13,15,22H,3,14,16H2,1-2H3,(H,28,29)/b17-13+. The average molecular weight is 432 g/mol. The summed E-state index contributed by atoms with van der Waals surface area (Å²) in [6, 6.07) is 11.9. The van der Waals surface area contributed by atoms with Crippen molar-refractivity contribution in [3.63, 3.8) is 0 Å². The number of alkyl halides is 3. The van der Waals surface area contributed by atoms with E-state index in [4.69, 9.17) is 14.6 Å². The normalized spacial score (nSPS) is 12.6. The maximum atomic E-state index is 12.7. The molecule has 2 aromatic rings. The summed E-state index contributed by atoms with van der Waals surface area (Å²) in [6.45, 7) is 4.04. The lowest BCUT2D eigenvalue weighted by Crippen LogP contribution is -2.26. The van der Waals surface area contributed by atoms with Crippen molar-refractivity contribution < 1.29 is 32.5 Å². The molecule has 0 aromatic heterocycles. The Kier molecular flexibility index (Phi) is 8.71.